The van der Waals surface area contributed by atoms with Gasteiger partial charge in [0, 0.05) is 18.8 Å². The van der Waals surface area contributed by atoms with Gasteiger partial charge in [0.2, 0.25) is 5.91 Å². The van der Waals surface area contributed by atoms with Gasteiger partial charge in [-0.15, -0.1) is 12.4 Å². The molecule has 0 bridgehead atoms. The fourth-order valence-corrected chi connectivity index (χ4v) is 2.46. The minimum absolute atomic E-state index is 0. The number of morpholine rings is 1. The van der Waals surface area contributed by atoms with Crippen LogP contribution in [-0.2, 0) is 14.3 Å². The first-order chi connectivity index (χ1) is 11.6. The molecule has 1 fully saturated rings. The van der Waals surface area contributed by atoms with E-state index in [1.165, 1.54) is 0 Å². The van der Waals surface area contributed by atoms with Crippen LogP contribution in [0.5, 0.6) is 0 Å². The number of rotatable bonds is 7. The number of nitrogens with one attached hydrogen (secondary N) is 1. The van der Waals surface area contributed by atoms with Crippen molar-refractivity contribution in [1.82, 2.24) is 4.90 Å². The van der Waals surface area contributed by atoms with E-state index in [4.69, 9.17) is 9.47 Å². The molecule has 1 saturated heterocycles. The van der Waals surface area contributed by atoms with Crippen molar-refractivity contribution in [3.8, 4) is 0 Å². The number of amides is 1. The highest BCUT2D eigenvalue weighted by molar-refractivity contribution is 5.95. The number of hydrogen-bond acceptors (Lipinski definition) is 5. The van der Waals surface area contributed by atoms with E-state index in [9.17, 15) is 9.59 Å². The first-order valence-corrected chi connectivity index (χ1v) is 8.51. The van der Waals surface area contributed by atoms with E-state index >= 15 is 0 Å². The number of anilines is 1. The van der Waals surface area contributed by atoms with Crippen LogP contribution in [0.2, 0.25) is 0 Å². The minimum atomic E-state index is -0.331. The first-order valence-electron chi connectivity index (χ1n) is 8.51. The van der Waals surface area contributed by atoms with E-state index in [0.717, 1.165) is 25.9 Å². The molecule has 1 heterocycles. The monoisotopic (exact) mass is 370 g/mol. The van der Waals surface area contributed by atoms with E-state index in [0.29, 0.717) is 31.1 Å². The third kappa shape index (κ3) is 6.65. The van der Waals surface area contributed by atoms with Crippen LogP contribution in [0.1, 0.15) is 37.0 Å². The number of halogens is 1. The molecule has 1 atom stereocenters. The summed E-state index contributed by atoms with van der Waals surface area (Å²) < 4.78 is 10.5. The van der Waals surface area contributed by atoms with Gasteiger partial charge in [-0.3, -0.25) is 9.69 Å². The highest BCUT2D eigenvalue weighted by Gasteiger charge is 2.23. The fourth-order valence-electron chi connectivity index (χ4n) is 2.46. The molecular weight excluding hydrogens is 344 g/mol. The molecule has 0 spiro atoms. The molecule has 1 aliphatic rings. The zero-order chi connectivity index (χ0) is 17.4. The van der Waals surface area contributed by atoms with Gasteiger partial charge in [-0.2, -0.15) is 0 Å². The van der Waals surface area contributed by atoms with Gasteiger partial charge in [-0.05, 0) is 37.6 Å². The van der Waals surface area contributed by atoms with Crippen LogP contribution in [0.25, 0.3) is 0 Å². The molecule has 0 aromatic heterocycles. The second kappa shape index (κ2) is 11.1. The van der Waals surface area contributed by atoms with Gasteiger partial charge in [0.15, 0.2) is 0 Å². The number of unbranched alkanes of at least 4 members (excludes halogenated alkanes) is 1. The second-order valence-corrected chi connectivity index (χ2v) is 5.88. The predicted octanol–water partition coefficient (Wildman–Crippen LogP) is 2.72. The van der Waals surface area contributed by atoms with Crippen LogP contribution in [0.3, 0.4) is 0 Å². The summed E-state index contributed by atoms with van der Waals surface area (Å²) in [5, 5.41) is 2.88. The van der Waals surface area contributed by atoms with Gasteiger partial charge in [-0.25, -0.2) is 4.79 Å². The lowest BCUT2D eigenvalue weighted by atomic mass is 10.2. The maximum absolute atomic E-state index is 12.3. The van der Waals surface area contributed by atoms with Gasteiger partial charge >= 0.3 is 5.97 Å². The Morgan fingerprint density at radius 2 is 1.88 bits per heavy atom. The molecule has 1 aromatic rings. The molecule has 1 amide bonds. The topological polar surface area (TPSA) is 67.9 Å². The lowest BCUT2D eigenvalue weighted by Gasteiger charge is -2.31. The summed E-state index contributed by atoms with van der Waals surface area (Å²) in [5.41, 5.74) is 1.16. The maximum Gasteiger partial charge on any atom is 0.338 e. The molecule has 0 aliphatic carbocycles. The normalized spacial score (nSPS) is 15.8. The van der Waals surface area contributed by atoms with Crippen LogP contribution < -0.4 is 5.32 Å². The van der Waals surface area contributed by atoms with Gasteiger partial charge in [0.1, 0.15) is 0 Å². The summed E-state index contributed by atoms with van der Waals surface area (Å²) in [6.07, 6.45) is 1.85. The van der Waals surface area contributed by atoms with Gasteiger partial charge in [-0.1, -0.05) is 13.3 Å². The number of ether oxygens (including phenoxy) is 2. The number of esters is 1. The van der Waals surface area contributed by atoms with Crippen molar-refractivity contribution in [1.29, 1.82) is 0 Å². The van der Waals surface area contributed by atoms with Crippen molar-refractivity contribution >= 4 is 30.0 Å². The van der Waals surface area contributed by atoms with E-state index < -0.39 is 0 Å². The lowest BCUT2D eigenvalue weighted by Crippen LogP contribution is -2.47. The fraction of sp³-hybridized carbons (Fsp3) is 0.556. The van der Waals surface area contributed by atoms with Crippen molar-refractivity contribution in [2.45, 2.75) is 32.7 Å². The van der Waals surface area contributed by atoms with Crippen molar-refractivity contribution < 1.29 is 19.1 Å². The third-order valence-electron chi connectivity index (χ3n) is 4.09. The average Bonchev–Trinajstić information content (AvgIpc) is 2.62. The Morgan fingerprint density at radius 3 is 2.48 bits per heavy atom. The molecule has 1 unspecified atom stereocenters. The highest BCUT2D eigenvalue weighted by atomic mass is 35.5. The minimum Gasteiger partial charge on any atom is -0.462 e. The van der Waals surface area contributed by atoms with Crippen LogP contribution in [0.4, 0.5) is 5.69 Å². The van der Waals surface area contributed by atoms with Crippen LogP contribution in [0, 0.1) is 0 Å². The summed E-state index contributed by atoms with van der Waals surface area (Å²) in [4.78, 5) is 26.3. The zero-order valence-corrected chi connectivity index (χ0v) is 15.6. The van der Waals surface area contributed by atoms with Crippen LogP contribution >= 0.6 is 12.4 Å². The van der Waals surface area contributed by atoms with Gasteiger partial charge in [0.05, 0.1) is 31.4 Å². The first kappa shape index (κ1) is 21.4. The van der Waals surface area contributed by atoms with Crippen LogP contribution in [-0.4, -0.2) is 55.7 Å². The van der Waals surface area contributed by atoms with Crippen LogP contribution in [0.15, 0.2) is 24.3 Å². The molecule has 140 valence electrons. The number of carbonyl (C=O) groups is 2. The molecule has 0 saturated carbocycles. The van der Waals surface area contributed by atoms with Crippen molar-refractivity contribution in [3.05, 3.63) is 29.8 Å². The lowest BCUT2D eigenvalue weighted by molar-refractivity contribution is -0.122. The summed E-state index contributed by atoms with van der Waals surface area (Å²) in [5.74, 6) is -0.391. The third-order valence-corrected chi connectivity index (χ3v) is 4.09. The predicted molar refractivity (Wildman–Crippen MR) is 99.4 cm³/mol. The Balaban J connectivity index is 0.00000312. The molecule has 0 radical (unpaired) electrons. The number of hydrogen-bond donors (Lipinski definition) is 1. The largest absolute Gasteiger partial charge is 0.462 e. The molecule has 7 heteroatoms. The second-order valence-electron chi connectivity index (χ2n) is 5.88. The summed E-state index contributed by atoms with van der Waals surface area (Å²) in [7, 11) is 0. The number of benzene rings is 1. The Hall–Kier alpha value is -1.63. The molecule has 25 heavy (non-hydrogen) atoms. The molecule has 6 nitrogen and oxygen atoms in total. The SMILES string of the molecule is CCCCOC(=O)c1ccc(NC(=O)C(C)N2CCOCC2)cc1.Cl. The molecule has 1 aliphatic heterocycles. The zero-order valence-electron chi connectivity index (χ0n) is 14.8. The van der Waals surface area contributed by atoms with Crippen molar-refractivity contribution in [2.24, 2.45) is 0 Å². The Bertz CT molecular complexity index is 545. The quantitative estimate of drug-likeness (QED) is 0.590. The number of carbonyl (C=O) groups excluding carboxylic acids is 2. The summed E-state index contributed by atoms with van der Waals surface area (Å²) >= 11 is 0. The van der Waals surface area contributed by atoms with E-state index in [-0.39, 0.29) is 30.3 Å². The van der Waals surface area contributed by atoms with E-state index in [1.807, 2.05) is 13.8 Å². The molecule has 1 aromatic carbocycles. The van der Waals surface area contributed by atoms with Crippen molar-refractivity contribution in [2.75, 3.05) is 38.2 Å². The maximum atomic E-state index is 12.3. The number of nitrogens with zero attached hydrogens (tertiary/aromatic N) is 1. The standard InChI is InChI=1S/C18H26N2O4.ClH/c1-3-4-11-24-18(22)15-5-7-16(8-6-15)19-17(21)14(2)20-9-12-23-13-10-20;/h5-8,14H,3-4,9-13H2,1-2H3,(H,19,21);1H. The summed E-state index contributed by atoms with van der Waals surface area (Å²) in [6, 6.07) is 6.57. The Labute approximate surface area is 155 Å². The summed E-state index contributed by atoms with van der Waals surface area (Å²) in [6.45, 7) is 7.21. The molecule has 1 N–H and O–H groups in total. The van der Waals surface area contributed by atoms with E-state index in [2.05, 4.69) is 10.2 Å². The van der Waals surface area contributed by atoms with Gasteiger partial charge in [0.25, 0.3) is 0 Å². The average molecular weight is 371 g/mol. The Kier molecular flexibility index (Phi) is 9.49. The van der Waals surface area contributed by atoms with Crippen molar-refractivity contribution in [3.63, 3.8) is 0 Å². The van der Waals surface area contributed by atoms with E-state index in [1.54, 1.807) is 24.3 Å². The Morgan fingerprint density at radius 1 is 1.24 bits per heavy atom. The highest BCUT2D eigenvalue weighted by Crippen LogP contribution is 2.13. The molecule has 2 rings (SSSR count). The van der Waals surface area contributed by atoms with Gasteiger partial charge < -0.3 is 14.8 Å². The molecular formula is C18H27ClN2O4. The smallest absolute Gasteiger partial charge is 0.338 e.